The maximum absolute atomic E-state index is 6.12. The van der Waals surface area contributed by atoms with Crippen molar-refractivity contribution in [2.24, 2.45) is 0 Å². The predicted molar refractivity (Wildman–Crippen MR) is 228 cm³/mol. The standard InChI is InChI=1S/C48H30N2O.CH4S/c1-2-12-35(13-3-1)49-43-18-7-4-15-37(43)40-28-32(21-24-45(40)49)31-11-10-14-36(27-31)50-44-19-8-5-16-38(44)41-29-33(22-25-46(41)50)34-23-26-48-42(30-34)39-17-6-9-20-47(39)51-48;1-2/h1-30H;2H,1H3. The zero-order valence-electron chi connectivity index (χ0n) is 29.1. The Kier molecular flexibility index (Phi) is 7.45. The highest BCUT2D eigenvalue weighted by Crippen LogP contribution is 2.39. The first-order chi connectivity index (χ1) is 26.3. The van der Waals surface area contributed by atoms with E-state index in [9.17, 15) is 0 Å². The van der Waals surface area contributed by atoms with Crippen molar-refractivity contribution in [1.82, 2.24) is 9.13 Å². The summed E-state index contributed by atoms with van der Waals surface area (Å²) < 4.78 is 10.9. The van der Waals surface area contributed by atoms with Gasteiger partial charge in [0.05, 0.1) is 22.1 Å². The van der Waals surface area contributed by atoms with E-state index in [1.54, 1.807) is 6.26 Å². The Bertz CT molecular complexity index is 3150. The average Bonchev–Trinajstić information content (AvgIpc) is 3.89. The van der Waals surface area contributed by atoms with Gasteiger partial charge in [0.1, 0.15) is 11.2 Å². The van der Waals surface area contributed by atoms with Crippen LogP contribution in [0.3, 0.4) is 0 Å². The highest BCUT2D eigenvalue weighted by atomic mass is 32.1. The van der Waals surface area contributed by atoms with Crippen molar-refractivity contribution in [1.29, 1.82) is 0 Å². The van der Waals surface area contributed by atoms with Gasteiger partial charge in [-0.15, -0.1) is 0 Å². The van der Waals surface area contributed by atoms with E-state index < -0.39 is 0 Å². The van der Waals surface area contributed by atoms with Gasteiger partial charge in [-0.05, 0) is 107 Å². The lowest BCUT2D eigenvalue weighted by atomic mass is 10.0. The van der Waals surface area contributed by atoms with Crippen LogP contribution in [0.1, 0.15) is 0 Å². The summed E-state index contributed by atoms with van der Waals surface area (Å²) in [6.07, 6.45) is 1.69. The van der Waals surface area contributed by atoms with E-state index in [1.807, 2.05) is 12.1 Å². The van der Waals surface area contributed by atoms with E-state index in [1.165, 1.54) is 71.6 Å². The fraction of sp³-hybridized carbons (Fsp3) is 0.0204. The molecule has 0 bridgehead atoms. The van der Waals surface area contributed by atoms with Gasteiger partial charge in [0, 0.05) is 43.7 Å². The van der Waals surface area contributed by atoms with Gasteiger partial charge >= 0.3 is 0 Å². The molecule has 11 aromatic rings. The van der Waals surface area contributed by atoms with Gasteiger partial charge in [-0.3, -0.25) is 0 Å². The molecule has 3 heterocycles. The van der Waals surface area contributed by atoms with Crippen LogP contribution >= 0.6 is 12.6 Å². The summed E-state index contributed by atoms with van der Waals surface area (Å²) in [5, 5.41) is 7.28. The van der Waals surface area contributed by atoms with E-state index in [4.69, 9.17) is 4.42 Å². The molecule has 3 nitrogen and oxygen atoms in total. The zero-order valence-corrected chi connectivity index (χ0v) is 30.0. The van der Waals surface area contributed by atoms with Crippen LogP contribution in [0.4, 0.5) is 0 Å². The number of furan rings is 1. The van der Waals surface area contributed by atoms with E-state index in [-0.39, 0.29) is 0 Å². The molecule has 0 amide bonds. The number of rotatable bonds is 4. The first-order valence-electron chi connectivity index (χ1n) is 17.9. The van der Waals surface area contributed by atoms with Crippen molar-refractivity contribution >= 4 is 78.2 Å². The largest absolute Gasteiger partial charge is 0.456 e. The number of benzene rings is 8. The van der Waals surface area contributed by atoms with Crippen LogP contribution < -0.4 is 0 Å². The molecule has 8 aromatic carbocycles. The van der Waals surface area contributed by atoms with Crippen molar-refractivity contribution in [2.45, 2.75) is 0 Å². The minimum Gasteiger partial charge on any atom is -0.456 e. The number of nitrogens with zero attached hydrogens (tertiary/aromatic N) is 2. The lowest BCUT2D eigenvalue weighted by Gasteiger charge is -2.11. The normalized spacial score (nSPS) is 11.6. The molecule has 53 heavy (non-hydrogen) atoms. The van der Waals surface area contributed by atoms with E-state index >= 15 is 0 Å². The smallest absolute Gasteiger partial charge is 0.135 e. The van der Waals surface area contributed by atoms with Crippen LogP contribution in [0, 0.1) is 0 Å². The van der Waals surface area contributed by atoms with Crippen molar-refractivity contribution in [3.8, 4) is 33.6 Å². The molecular weight excluding hydrogens is 665 g/mol. The number of aromatic nitrogens is 2. The predicted octanol–water partition coefficient (Wildman–Crippen LogP) is 13.7. The van der Waals surface area contributed by atoms with Gasteiger partial charge in [0.15, 0.2) is 0 Å². The summed E-state index contributed by atoms with van der Waals surface area (Å²) in [6.45, 7) is 0. The molecular formula is C49H34N2OS. The third-order valence-corrected chi connectivity index (χ3v) is 10.5. The minimum atomic E-state index is 0.915. The van der Waals surface area contributed by atoms with Crippen LogP contribution in [0.5, 0.6) is 0 Å². The van der Waals surface area contributed by atoms with Crippen LogP contribution in [0.15, 0.2) is 186 Å². The molecule has 0 unspecified atom stereocenters. The molecule has 0 saturated heterocycles. The number of hydrogen-bond acceptors (Lipinski definition) is 2. The minimum absolute atomic E-state index is 0.915. The SMILES string of the molecule is CS.c1ccc(-n2c3ccccc3c3cc(-c4cccc(-n5c6ccccc6c6cc(-c7ccc8oc9ccccc9c8c7)ccc65)c4)ccc32)cc1. The molecule has 252 valence electrons. The van der Waals surface area contributed by atoms with Crippen LogP contribution in [0.25, 0.3) is 99.2 Å². The summed E-state index contributed by atoms with van der Waals surface area (Å²) in [7, 11) is 0. The summed E-state index contributed by atoms with van der Waals surface area (Å²) >= 11 is 3.53. The second-order valence-electron chi connectivity index (χ2n) is 13.4. The molecule has 0 aliphatic rings. The maximum atomic E-state index is 6.12. The molecule has 11 rings (SSSR count). The Morgan fingerprint density at radius 2 is 0.774 bits per heavy atom. The summed E-state index contributed by atoms with van der Waals surface area (Å²) in [5.74, 6) is 0. The Hall–Kier alpha value is -6.49. The molecule has 3 aromatic heterocycles. The molecule has 0 atom stereocenters. The quantitative estimate of drug-likeness (QED) is 0.182. The molecule has 0 aliphatic heterocycles. The van der Waals surface area contributed by atoms with Gasteiger partial charge in [-0.25, -0.2) is 0 Å². The highest BCUT2D eigenvalue weighted by molar-refractivity contribution is 7.79. The molecule has 0 saturated carbocycles. The summed E-state index contributed by atoms with van der Waals surface area (Å²) in [6, 6.07) is 65.6. The van der Waals surface area contributed by atoms with Gasteiger partial charge in [-0.2, -0.15) is 12.6 Å². The van der Waals surface area contributed by atoms with Crippen LogP contribution in [-0.4, -0.2) is 15.4 Å². The van der Waals surface area contributed by atoms with E-state index in [2.05, 4.69) is 192 Å². The van der Waals surface area contributed by atoms with Crippen LogP contribution in [0.2, 0.25) is 0 Å². The average molecular weight is 699 g/mol. The Morgan fingerprint density at radius 3 is 1.43 bits per heavy atom. The monoisotopic (exact) mass is 698 g/mol. The Labute approximate surface area is 312 Å². The third kappa shape index (κ3) is 4.98. The number of thiol groups is 1. The zero-order chi connectivity index (χ0) is 35.5. The van der Waals surface area contributed by atoms with Crippen molar-refractivity contribution < 1.29 is 4.42 Å². The molecule has 0 radical (unpaired) electrons. The van der Waals surface area contributed by atoms with Crippen molar-refractivity contribution in [3.05, 3.63) is 182 Å². The first kappa shape index (κ1) is 31.3. The molecule has 0 spiro atoms. The van der Waals surface area contributed by atoms with E-state index in [0.717, 1.165) is 27.6 Å². The molecule has 4 heteroatoms. The topological polar surface area (TPSA) is 23.0 Å². The molecule has 0 fully saturated rings. The molecule has 0 aliphatic carbocycles. The fourth-order valence-corrected chi connectivity index (χ4v) is 8.17. The van der Waals surface area contributed by atoms with Crippen molar-refractivity contribution in [2.75, 3.05) is 6.26 Å². The van der Waals surface area contributed by atoms with Gasteiger partial charge < -0.3 is 13.6 Å². The number of fused-ring (bicyclic) bond motifs is 9. The number of hydrogen-bond donors (Lipinski definition) is 1. The first-order valence-corrected chi connectivity index (χ1v) is 18.8. The van der Waals surface area contributed by atoms with E-state index in [0.29, 0.717) is 0 Å². The lowest BCUT2D eigenvalue weighted by Crippen LogP contribution is -1.94. The second-order valence-corrected chi connectivity index (χ2v) is 13.4. The highest BCUT2D eigenvalue weighted by Gasteiger charge is 2.16. The number of para-hydroxylation sites is 4. The molecule has 0 N–H and O–H groups in total. The maximum Gasteiger partial charge on any atom is 0.135 e. The van der Waals surface area contributed by atoms with Gasteiger partial charge in [0.2, 0.25) is 0 Å². The second kappa shape index (κ2) is 12.6. The summed E-state index contributed by atoms with van der Waals surface area (Å²) in [5.41, 5.74) is 13.7. The van der Waals surface area contributed by atoms with Crippen LogP contribution in [-0.2, 0) is 0 Å². The lowest BCUT2D eigenvalue weighted by molar-refractivity contribution is 0.669. The fourth-order valence-electron chi connectivity index (χ4n) is 8.17. The van der Waals surface area contributed by atoms with Gasteiger partial charge in [-0.1, -0.05) is 103 Å². The Morgan fingerprint density at radius 1 is 0.321 bits per heavy atom. The third-order valence-electron chi connectivity index (χ3n) is 10.5. The van der Waals surface area contributed by atoms with Crippen molar-refractivity contribution in [3.63, 3.8) is 0 Å². The summed E-state index contributed by atoms with van der Waals surface area (Å²) in [4.78, 5) is 0. The Balaban J connectivity index is 0.00000172. The van der Waals surface area contributed by atoms with Gasteiger partial charge in [0.25, 0.3) is 0 Å².